The van der Waals surface area contributed by atoms with Gasteiger partial charge in [-0.1, -0.05) is 60.7 Å². The maximum Gasteiger partial charge on any atom is 0.135 e. The van der Waals surface area contributed by atoms with Crippen molar-refractivity contribution in [2.45, 2.75) is 0 Å². The van der Waals surface area contributed by atoms with Gasteiger partial charge < -0.3 is 14.4 Å². The Morgan fingerprint density at radius 1 is 0.333 bits per heavy atom. The zero-order valence-electron chi connectivity index (χ0n) is 21.0. The van der Waals surface area contributed by atoms with E-state index in [1.807, 2.05) is 0 Å². The quantitative estimate of drug-likeness (QED) is 0.245. The van der Waals surface area contributed by atoms with Crippen LogP contribution in [0, 0.1) is 0 Å². The van der Waals surface area contributed by atoms with Crippen molar-refractivity contribution >= 4 is 65.6 Å². The highest BCUT2D eigenvalue weighted by Crippen LogP contribution is 2.37. The third-order valence-electron chi connectivity index (χ3n) is 8.15. The molecule has 0 bridgehead atoms. The van der Waals surface area contributed by atoms with Gasteiger partial charge in [0.2, 0.25) is 0 Å². The fraction of sp³-hybridized carbons (Fsp3) is 0. The van der Waals surface area contributed by atoms with Crippen LogP contribution in [-0.4, -0.2) is 9.97 Å². The van der Waals surface area contributed by atoms with Gasteiger partial charge >= 0.3 is 0 Å². The Kier molecular flexibility index (Phi) is 4.05. The molecule has 0 fully saturated rings. The van der Waals surface area contributed by atoms with Crippen LogP contribution in [0.15, 0.2) is 126 Å². The monoisotopic (exact) mass is 498 g/mol. The summed E-state index contributed by atoms with van der Waals surface area (Å²) in [5.74, 6) is 0. The van der Waals surface area contributed by atoms with Gasteiger partial charge in [-0.25, -0.2) is 0 Å². The normalized spacial score (nSPS) is 12.1. The van der Waals surface area contributed by atoms with Crippen LogP contribution in [0.25, 0.3) is 87.8 Å². The van der Waals surface area contributed by atoms with E-state index in [4.69, 9.17) is 4.42 Å². The molecule has 3 nitrogen and oxygen atoms in total. The predicted molar refractivity (Wildman–Crippen MR) is 163 cm³/mol. The van der Waals surface area contributed by atoms with Crippen molar-refractivity contribution in [1.29, 1.82) is 0 Å². The average molecular weight is 499 g/mol. The Morgan fingerprint density at radius 2 is 0.718 bits per heavy atom. The van der Waals surface area contributed by atoms with E-state index >= 15 is 0 Å². The largest absolute Gasteiger partial charge is 0.456 e. The highest BCUT2D eigenvalue weighted by Gasteiger charge is 2.13. The second-order valence-electron chi connectivity index (χ2n) is 10.4. The zero-order chi connectivity index (χ0) is 25.5. The fourth-order valence-electron chi connectivity index (χ4n) is 6.19. The van der Waals surface area contributed by atoms with Crippen molar-refractivity contribution in [3.05, 3.63) is 121 Å². The van der Waals surface area contributed by atoms with Crippen LogP contribution in [0.2, 0.25) is 0 Å². The van der Waals surface area contributed by atoms with Gasteiger partial charge in [-0.3, -0.25) is 0 Å². The second kappa shape index (κ2) is 7.62. The maximum absolute atomic E-state index is 6.26. The number of benzene rings is 6. The zero-order valence-corrected chi connectivity index (χ0v) is 21.0. The number of aromatic nitrogens is 2. The summed E-state index contributed by atoms with van der Waals surface area (Å²) >= 11 is 0. The summed E-state index contributed by atoms with van der Waals surface area (Å²) in [6, 6.07) is 43.4. The van der Waals surface area contributed by atoms with Crippen molar-refractivity contribution in [2.24, 2.45) is 0 Å². The number of aromatic amines is 2. The summed E-state index contributed by atoms with van der Waals surface area (Å²) < 4.78 is 6.26. The van der Waals surface area contributed by atoms with Crippen molar-refractivity contribution < 1.29 is 4.42 Å². The molecule has 0 radical (unpaired) electrons. The number of hydrogen-bond donors (Lipinski definition) is 2. The molecule has 6 aromatic carbocycles. The van der Waals surface area contributed by atoms with E-state index in [0.29, 0.717) is 0 Å². The van der Waals surface area contributed by atoms with E-state index in [1.54, 1.807) is 0 Å². The Hall–Kier alpha value is -5.28. The molecule has 0 unspecified atom stereocenters. The summed E-state index contributed by atoms with van der Waals surface area (Å²) in [7, 11) is 0. The first kappa shape index (κ1) is 20.7. The molecule has 3 heteroatoms. The van der Waals surface area contributed by atoms with E-state index in [1.165, 1.54) is 54.8 Å². The second-order valence-corrected chi connectivity index (χ2v) is 10.4. The van der Waals surface area contributed by atoms with Crippen LogP contribution < -0.4 is 0 Å². The van der Waals surface area contributed by atoms with Crippen molar-refractivity contribution in [1.82, 2.24) is 9.97 Å². The van der Waals surface area contributed by atoms with E-state index in [0.717, 1.165) is 33.0 Å². The standard InChI is InChI=1S/C36H22N2O/c1-3-7-31-25(5-1)27-17-21(9-13-33(27)37-31)23-11-15-35-29(19-23)30-20-24(12-16-36(30)39-35)22-10-14-34-28(18-22)26-6-2-4-8-32(26)38-34/h1-20,37-38H. The van der Waals surface area contributed by atoms with Gasteiger partial charge in [0, 0.05) is 54.4 Å². The Bertz CT molecular complexity index is 2230. The van der Waals surface area contributed by atoms with Crippen LogP contribution >= 0.6 is 0 Å². The molecule has 39 heavy (non-hydrogen) atoms. The molecule has 0 spiro atoms. The molecule has 0 amide bonds. The lowest BCUT2D eigenvalue weighted by Crippen LogP contribution is -1.80. The Labute approximate surface area is 223 Å². The number of para-hydroxylation sites is 2. The van der Waals surface area contributed by atoms with Gasteiger partial charge in [-0.05, 0) is 82.9 Å². The third-order valence-corrected chi connectivity index (χ3v) is 8.15. The van der Waals surface area contributed by atoms with Crippen LogP contribution in [0.1, 0.15) is 0 Å². The molecule has 182 valence electrons. The third kappa shape index (κ3) is 3.04. The van der Waals surface area contributed by atoms with E-state index in [2.05, 4.69) is 131 Å². The molecular formula is C36H22N2O. The molecule has 9 rings (SSSR count). The molecule has 0 saturated heterocycles. The Morgan fingerprint density at radius 3 is 1.21 bits per heavy atom. The van der Waals surface area contributed by atoms with Gasteiger partial charge in [-0.2, -0.15) is 0 Å². The van der Waals surface area contributed by atoms with E-state index < -0.39 is 0 Å². The molecule has 0 aliphatic carbocycles. The highest BCUT2D eigenvalue weighted by molar-refractivity contribution is 6.11. The number of rotatable bonds is 2. The minimum absolute atomic E-state index is 0.908. The minimum atomic E-state index is 0.908. The SMILES string of the molecule is c1ccc2c(c1)[nH]c1ccc(-c3ccc4oc5ccc(-c6ccc7[nH]c8ccccc8c7c6)cc5c4c3)cc12. The molecule has 3 aromatic heterocycles. The number of furan rings is 1. The molecule has 0 saturated carbocycles. The van der Waals surface area contributed by atoms with Gasteiger partial charge in [0.1, 0.15) is 11.2 Å². The summed E-state index contributed by atoms with van der Waals surface area (Å²) in [4.78, 5) is 7.06. The smallest absolute Gasteiger partial charge is 0.135 e. The highest BCUT2D eigenvalue weighted by atomic mass is 16.3. The van der Waals surface area contributed by atoms with Crippen LogP contribution in [-0.2, 0) is 0 Å². The van der Waals surface area contributed by atoms with Crippen molar-refractivity contribution in [2.75, 3.05) is 0 Å². The van der Waals surface area contributed by atoms with E-state index in [-0.39, 0.29) is 0 Å². The molecule has 9 aromatic rings. The summed E-state index contributed by atoms with van der Waals surface area (Å²) in [6.45, 7) is 0. The topological polar surface area (TPSA) is 44.7 Å². The van der Waals surface area contributed by atoms with Gasteiger partial charge in [0.25, 0.3) is 0 Å². The summed E-state index contributed by atoms with van der Waals surface area (Å²) in [6.07, 6.45) is 0. The van der Waals surface area contributed by atoms with Gasteiger partial charge in [0.05, 0.1) is 0 Å². The minimum Gasteiger partial charge on any atom is -0.456 e. The first-order chi connectivity index (χ1) is 19.3. The molecule has 3 heterocycles. The average Bonchev–Trinajstić information content (AvgIpc) is 3.66. The number of fused-ring (bicyclic) bond motifs is 9. The van der Waals surface area contributed by atoms with E-state index in [9.17, 15) is 0 Å². The molecule has 0 aliphatic heterocycles. The lowest BCUT2D eigenvalue weighted by Gasteiger charge is -2.04. The molecule has 0 aliphatic rings. The lowest BCUT2D eigenvalue weighted by molar-refractivity contribution is 0.669. The molecular weight excluding hydrogens is 476 g/mol. The molecule has 0 atom stereocenters. The van der Waals surface area contributed by atoms with Crippen molar-refractivity contribution in [3.63, 3.8) is 0 Å². The van der Waals surface area contributed by atoms with Crippen molar-refractivity contribution in [3.8, 4) is 22.3 Å². The van der Waals surface area contributed by atoms with Crippen LogP contribution in [0.3, 0.4) is 0 Å². The first-order valence-corrected chi connectivity index (χ1v) is 13.3. The number of H-pyrrole nitrogens is 2. The summed E-state index contributed by atoms with van der Waals surface area (Å²) in [5.41, 5.74) is 11.2. The Balaban J connectivity index is 1.20. The molecule has 2 N–H and O–H groups in total. The number of hydrogen-bond acceptors (Lipinski definition) is 1. The summed E-state index contributed by atoms with van der Waals surface area (Å²) in [5, 5.41) is 7.26. The van der Waals surface area contributed by atoms with Crippen LogP contribution in [0.4, 0.5) is 0 Å². The van der Waals surface area contributed by atoms with Gasteiger partial charge in [-0.15, -0.1) is 0 Å². The lowest BCUT2D eigenvalue weighted by atomic mass is 9.98. The van der Waals surface area contributed by atoms with Gasteiger partial charge in [0.15, 0.2) is 0 Å². The predicted octanol–water partition coefficient (Wildman–Crippen LogP) is 10.2. The van der Waals surface area contributed by atoms with Crippen LogP contribution in [0.5, 0.6) is 0 Å². The maximum atomic E-state index is 6.26. The first-order valence-electron chi connectivity index (χ1n) is 13.3. The fourth-order valence-corrected chi connectivity index (χ4v) is 6.19. The number of nitrogens with one attached hydrogen (secondary N) is 2.